The van der Waals surface area contributed by atoms with Gasteiger partial charge in [-0.25, -0.2) is 15.0 Å². The van der Waals surface area contributed by atoms with Crippen molar-refractivity contribution in [3.05, 3.63) is 206 Å². The van der Waals surface area contributed by atoms with Crippen molar-refractivity contribution in [2.24, 2.45) is 0 Å². The molecule has 0 amide bonds. The maximum absolute atomic E-state index is 5.51. The Morgan fingerprint density at radius 2 is 0.891 bits per heavy atom. The molecule has 2 aromatic heterocycles. The number of hydrogen-bond donors (Lipinski definition) is 0. The maximum Gasteiger partial charge on any atom is 0.160 e. The lowest BCUT2D eigenvalue weighted by molar-refractivity contribution is 1.18. The summed E-state index contributed by atoms with van der Waals surface area (Å²) in [7, 11) is 0. The Bertz CT molecular complexity index is 2870. The fourth-order valence-electron chi connectivity index (χ4n) is 7.68. The van der Waals surface area contributed by atoms with E-state index in [1.165, 1.54) is 16.2 Å². The van der Waals surface area contributed by atoms with Crippen LogP contribution in [0.5, 0.6) is 0 Å². The minimum Gasteiger partial charge on any atom is -0.310 e. The Kier molecular flexibility index (Phi) is 8.12. The van der Waals surface area contributed by atoms with E-state index >= 15 is 0 Å². The van der Waals surface area contributed by atoms with Crippen LogP contribution < -0.4 is 4.90 Å². The van der Waals surface area contributed by atoms with Gasteiger partial charge < -0.3 is 4.90 Å². The number of aromatic nitrogens is 3. The molecule has 55 heavy (non-hydrogen) atoms. The number of benzene rings is 8. The van der Waals surface area contributed by atoms with Crippen molar-refractivity contribution in [2.75, 3.05) is 4.90 Å². The monoisotopic (exact) mass is 702 g/mol. The van der Waals surface area contributed by atoms with E-state index in [1.54, 1.807) is 0 Å². The van der Waals surface area contributed by atoms with Crippen LogP contribution >= 0.6 is 0 Å². The average Bonchev–Trinajstić information content (AvgIpc) is 3.27. The van der Waals surface area contributed by atoms with Crippen LogP contribution in [0.15, 0.2) is 206 Å². The quantitative estimate of drug-likeness (QED) is 0.155. The number of rotatable bonds is 7. The lowest BCUT2D eigenvalue weighted by Gasteiger charge is -2.27. The molecule has 0 fully saturated rings. The number of nitrogens with zero attached hydrogens (tertiary/aromatic N) is 4. The summed E-state index contributed by atoms with van der Waals surface area (Å²) in [6, 6.07) is 72.0. The topological polar surface area (TPSA) is 41.9 Å². The van der Waals surface area contributed by atoms with Gasteiger partial charge in [0.1, 0.15) is 0 Å². The molecular weight excluding hydrogens is 669 g/mol. The van der Waals surface area contributed by atoms with Gasteiger partial charge in [-0.2, -0.15) is 0 Å². The summed E-state index contributed by atoms with van der Waals surface area (Å²) in [5.41, 5.74) is 10.9. The van der Waals surface area contributed by atoms with Gasteiger partial charge in [-0.05, 0) is 59.3 Å². The van der Waals surface area contributed by atoms with Gasteiger partial charge in [0.25, 0.3) is 0 Å². The summed E-state index contributed by atoms with van der Waals surface area (Å²) in [5.74, 6) is 0.668. The summed E-state index contributed by atoms with van der Waals surface area (Å²) in [6.45, 7) is 0. The Morgan fingerprint density at radius 3 is 1.55 bits per heavy atom. The SMILES string of the molecule is c1ccc(-c2cc(-c3ccccc3)nc(-c3cccc(-c4nc5cccc(N(c6ccccc6)c6ccccc6)c5c5c4ccc4ccccc45)c3)n2)cc1. The van der Waals surface area contributed by atoms with Crippen LogP contribution in [0.25, 0.3) is 77.6 Å². The molecule has 10 rings (SSSR count). The van der Waals surface area contributed by atoms with Crippen LogP contribution in [0.4, 0.5) is 17.1 Å². The smallest absolute Gasteiger partial charge is 0.160 e. The van der Waals surface area contributed by atoms with E-state index in [0.29, 0.717) is 5.82 Å². The van der Waals surface area contributed by atoms with Crippen LogP contribution in [-0.2, 0) is 0 Å². The largest absolute Gasteiger partial charge is 0.310 e. The second kappa shape index (κ2) is 13.8. The average molecular weight is 703 g/mol. The van der Waals surface area contributed by atoms with Gasteiger partial charge >= 0.3 is 0 Å². The van der Waals surface area contributed by atoms with Crippen LogP contribution in [0, 0.1) is 0 Å². The first-order valence-electron chi connectivity index (χ1n) is 18.5. The van der Waals surface area contributed by atoms with Gasteiger partial charge in [-0.1, -0.05) is 158 Å². The number of pyridine rings is 1. The lowest BCUT2D eigenvalue weighted by atomic mass is 9.93. The third-order valence-electron chi connectivity index (χ3n) is 10.2. The predicted molar refractivity (Wildman–Crippen MR) is 229 cm³/mol. The van der Waals surface area contributed by atoms with Crippen molar-refractivity contribution >= 4 is 49.5 Å². The fourth-order valence-corrected chi connectivity index (χ4v) is 7.68. The number of para-hydroxylation sites is 2. The zero-order valence-electron chi connectivity index (χ0n) is 29.9. The third kappa shape index (κ3) is 5.96. The highest BCUT2D eigenvalue weighted by Crippen LogP contribution is 2.45. The summed E-state index contributed by atoms with van der Waals surface area (Å²) in [5, 5.41) is 5.73. The van der Waals surface area contributed by atoms with E-state index in [0.717, 1.165) is 72.7 Å². The predicted octanol–water partition coefficient (Wildman–Crippen LogP) is 13.5. The van der Waals surface area contributed by atoms with E-state index in [1.807, 2.05) is 36.4 Å². The number of fused-ring (bicyclic) bond motifs is 5. The molecular formula is C51H34N4. The molecule has 0 saturated heterocycles. The van der Waals surface area contributed by atoms with Crippen LogP contribution in [0.1, 0.15) is 0 Å². The molecule has 0 bridgehead atoms. The minimum absolute atomic E-state index is 0.668. The van der Waals surface area contributed by atoms with Gasteiger partial charge in [0.2, 0.25) is 0 Å². The summed E-state index contributed by atoms with van der Waals surface area (Å²) in [6.07, 6.45) is 0. The Balaban J connectivity index is 1.21. The van der Waals surface area contributed by atoms with Crippen molar-refractivity contribution in [1.29, 1.82) is 0 Å². The highest BCUT2D eigenvalue weighted by molar-refractivity contribution is 6.26. The molecule has 8 aromatic carbocycles. The second-order valence-electron chi connectivity index (χ2n) is 13.6. The third-order valence-corrected chi connectivity index (χ3v) is 10.2. The van der Waals surface area contributed by atoms with E-state index in [-0.39, 0.29) is 0 Å². The lowest BCUT2D eigenvalue weighted by Crippen LogP contribution is -2.10. The van der Waals surface area contributed by atoms with Crippen molar-refractivity contribution in [3.63, 3.8) is 0 Å². The molecule has 2 heterocycles. The Hall–Kier alpha value is -7.43. The molecule has 0 aliphatic heterocycles. The van der Waals surface area contributed by atoms with Crippen LogP contribution in [0.3, 0.4) is 0 Å². The van der Waals surface area contributed by atoms with E-state index < -0.39 is 0 Å². The summed E-state index contributed by atoms with van der Waals surface area (Å²) >= 11 is 0. The highest BCUT2D eigenvalue weighted by atomic mass is 15.1. The minimum atomic E-state index is 0.668. The van der Waals surface area contributed by atoms with Crippen molar-refractivity contribution in [1.82, 2.24) is 15.0 Å². The molecule has 0 atom stereocenters. The van der Waals surface area contributed by atoms with Gasteiger partial charge in [-0.3, -0.25) is 0 Å². The molecule has 0 radical (unpaired) electrons. The molecule has 4 nitrogen and oxygen atoms in total. The number of anilines is 3. The molecule has 0 aliphatic rings. The van der Waals surface area contributed by atoms with E-state index in [9.17, 15) is 0 Å². The molecule has 258 valence electrons. The zero-order chi connectivity index (χ0) is 36.6. The Labute approximate surface area is 319 Å². The summed E-state index contributed by atoms with van der Waals surface area (Å²) < 4.78 is 0. The first-order chi connectivity index (χ1) is 27.3. The first kappa shape index (κ1) is 32.2. The maximum atomic E-state index is 5.51. The fraction of sp³-hybridized carbons (Fsp3) is 0. The van der Waals surface area contributed by atoms with Crippen molar-refractivity contribution < 1.29 is 0 Å². The highest BCUT2D eigenvalue weighted by Gasteiger charge is 2.21. The standard InChI is InChI=1S/C51H34N4/c1-5-18-36(19-6-1)45-34-46(37-20-7-2-8-21-37)54-51(53-45)39-23-15-22-38(33-39)50-43-32-31-35-17-13-14-28-42(35)48(43)49-44(52-50)29-16-30-47(49)55(40-24-9-3-10-25-40)41-26-11-4-12-27-41/h1-34H. The summed E-state index contributed by atoms with van der Waals surface area (Å²) in [4.78, 5) is 18.1. The van der Waals surface area contributed by atoms with Crippen LogP contribution in [0.2, 0.25) is 0 Å². The first-order valence-corrected chi connectivity index (χ1v) is 18.5. The number of hydrogen-bond acceptors (Lipinski definition) is 4. The van der Waals surface area contributed by atoms with Crippen molar-refractivity contribution in [2.45, 2.75) is 0 Å². The molecule has 0 unspecified atom stereocenters. The van der Waals surface area contributed by atoms with Gasteiger partial charge in [0.05, 0.1) is 28.3 Å². The molecule has 10 aromatic rings. The Morgan fingerprint density at radius 1 is 0.345 bits per heavy atom. The van der Waals surface area contributed by atoms with Crippen LogP contribution in [-0.4, -0.2) is 15.0 Å². The molecule has 4 heteroatoms. The van der Waals surface area contributed by atoms with E-state index in [2.05, 4.69) is 175 Å². The molecule has 0 N–H and O–H groups in total. The molecule has 0 aliphatic carbocycles. The normalized spacial score (nSPS) is 11.3. The second-order valence-corrected chi connectivity index (χ2v) is 13.6. The van der Waals surface area contributed by atoms with E-state index in [4.69, 9.17) is 15.0 Å². The van der Waals surface area contributed by atoms with Gasteiger partial charge in [-0.15, -0.1) is 0 Å². The molecule has 0 spiro atoms. The van der Waals surface area contributed by atoms with Gasteiger partial charge in [0.15, 0.2) is 5.82 Å². The van der Waals surface area contributed by atoms with Gasteiger partial charge in [0, 0.05) is 49.8 Å². The van der Waals surface area contributed by atoms with Crippen molar-refractivity contribution in [3.8, 4) is 45.2 Å². The zero-order valence-corrected chi connectivity index (χ0v) is 29.9. The molecule has 0 saturated carbocycles.